The van der Waals surface area contributed by atoms with Crippen LogP contribution in [0, 0.1) is 0 Å². The van der Waals surface area contributed by atoms with Gasteiger partial charge in [0.2, 0.25) is 0 Å². The highest BCUT2D eigenvalue weighted by Crippen LogP contribution is 2.10. The number of nitrogens with two attached hydrogens (primary N) is 1. The van der Waals surface area contributed by atoms with E-state index in [0.717, 1.165) is 5.56 Å². The number of aromatic nitrogens is 2. The molecule has 0 unspecified atom stereocenters. The van der Waals surface area contributed by atoms with Crippen LogP contribution in [0.15, 0.2) is 17.4 Å². The Labute approximate surface area is 75.3 Å². The summed E-state index contributed by atoms with van der Waals surface area (Å²) in [6.07, 6.45) is 5.16. The van der Waals surface area contributed by atoms with E-state index < -0.39 is 0 Å². The van der Waals surface area contributed by atoms with Crippen molar-refractivity contribution in [3.8, 4) is 0 Å². The van der Waals surface area contributed by atoms with Gasteiger partial charge in [0, 0.05) is 24.1 Å². The number of nitrogen functional groups attached to an aromatic ring is 1. The van der Waals surface area contributed by atoms with Crippen LogP contribution in [-0.4, -0.2) is 16.3 Å². The highest BCUT2D eigenvalue weighted by Gasteiger charge is 1.98. The number of rotatable bonds is 3. The number of hydrogen-bond donors (Lipinski definition) is 1. The summed E-state index contributed by atoms with van der Waals surface area (Å²) in [6, 6.07) is 0. The van der Waals surface area contributed by atoms with Crippen LogP contribution in [0.4, 0.5) is 5.82 Å². The maximum atomic E-state index is 8.01. The number of hydrogen-bond acceptors (Lipinski definition) is 3. The molecule has 13 heavy (non-hydrogen) atoms. The predicted octanol–water partition coefficient (Wildman–Crippen LogP) is 1.33. The molecular formula is C7H10N6. The average Bonchev–Trinajstić information content (AvgIpc) is 2.43. The highest BCUT2D eigenvalue weighted by atomic mass is 15.3. The molecule has 0 radical (unpaired) electrons. The summed E-state index contributed by atoms with van der Waals surface area (Å²) in [5.41, 5.74) is 14.5. The van der Waals surface area contributed by atoms with E-state index in [1.54, 1.807) is 30.1 Å². The van der Waals surface area contributed by atoms with Gasteiger partial charge in [-0.05, 0) is 5.53 Å². The zero-order valence-electron chi connectivity index (χ0n) is 7.25. The molecule has 2 N–H and O–H groups in total. The monoisotopic (exact) mass is 178 g/mol. The topological polar surface area (TPSA) is 92.6 Å². The van der Waals surface area contributed by atoms with Crippen LogP contribution in [0.25, 0.3) is 16.5 Å². The molecule has 6 nitrogen and oxygen atoms in total. The zero-order chi connectivity index (χ0) is 9.68. The van der Waals surface area contributed by atoms with E-state index in [1.807, 2.05) is 0 Å². The summed E-state index contributed by atoms with van der Waals surface area (Å²) in [6.45, 7) is 0.324. The minimum Gasteiger partial charge on any atom is -0.383 e. The molecule has 0 spiro atoms. The number of azide groups is 1. The van der Waals surface area contributed by atoms with Crippen LogP contribution in [0.5, 0.6) is 0 Å². The van der Waals surface area contributed by atoms with Crippen molar-refractivity contribution in [1.29, 1.82) is 0 Å². The lowest BCUT2D eigenvalue weighted by atomic mass is 10.3. The quantitative estimate of drug-likeness (QED) is 0.429. The van der Waals surface area contributed by atoms with Crippen molar-refractivity contribution in [3.05, 3.63) is 28.3 Å². The maximum absolute atomic E-state index is 8.01. The first-order valence-corrected chi connectivity index (χ1v) is 3.70. The summed E-state index contributed by atoms with van der Waals surface area (Å²) >= 11 is 0. The largest absolute Gasteiger partial charge is 0.383 e. The van der Waals surface area contributed by atoms with E-state index in [9.17, 15) is 0 Å². The van der Waals surface area contributed by atoms with Gasteiger partial charge in [-0.2, -0.15) is 5.10 Å². The Morgan fingerprint density at radius 1 is 1.85 bits per heavy atom. The van der Waals surface area contributed by atoms with E-state index in [1.165, 1.54) is 0 Å². The number of anilines is 1. The Hall–Kier alpha value is -1.94. The van der Waals surface area contributed by atoms with Crippen LogP contribution in [-0.2, 0) is 7.05 Å². The minimum absolute atomic E-state index is 0.324. The molecule has 1 aromatic heterocycles. The molecule has 0 saturated carbocycles. The Balaban J connectivity index is 2.68. The lowest BCUT2D eigenvalue weighted by molar-refractivity contribution is 0.779. The van der Waals surface area contributed by atoms with Crippen molar-refractivity contribution in [3.63, 3.8) is 0 Å². The summed E-state index contributed by atoms with van der Waals surface area (Å²) < 4.78 is 1.58. The second-order valence-corrected chi connectivity index (χ2v) is 2.42. The smallest absolute Gasteiger partial charge is 0.128 e. The lowest BCUT2D eigenvalue weighted by Gasteiger charge is -1.92. The van der Waals surface area contributed by atoms with Crippen LogP contribution < -0.4 is 5.73 Å². The molecule has 0 bridgehead atoms. The van der Waals surface area contributed by atoms with Gasteiger partial charge in [0.05, 0.1) is 6.20 Å². The lowest BCUT2D eigenvalue weighted by Crippen LogP contribution is -1.97. The van der Waals surface area contributed by atoms with E-state index in [4.69, 9.17) is 11.3 Å². The summed E-state index contributed by atoms with van der Waals surface area (Å²) in [5, 5.41) is 7.30. The van der Waals surface area contributed by atoms with Crippen LogP contribution >= 0.6 is 0 Å². The molecule has 1 heterocycles. The summed E-state index contributed by atoms with van der Waals surface area (Å²) in [5.74, 6) is 0.595. The van der Waals surface area contributed by atoms with Gasteiger partial charge in [0.25, 0.3) is 0 Å². The van der Waals surface area contributed by atoms with Crippen LogP contribution in [0.3, 0.4) is 0 Å². The number of aryl methyl sites for hydroxylation is 1. The van der Waals surface area contributed by atoms with Crippen LogP contribution in [0.1, 0.15) is 5.56 Å². The molecule has 0 aliphatic carbocycles. The van der Waals surface area contributed by atoms with Gasteiger partial charge in [-0.25, -0.2) is 0 Å². The Morgan fingerprint density at radius 2 is 2.62 bits per heavy atom. The second kappa shape index (κ2) is 4.18. The predicted molar refractivity (Wildman–Crippen MR) is 50.7 cm³/mol. The van der Waals surface area contributed by atoms with E-state index in [2.05, 4.69) is 15.1 Å². The third-order valence-electron chi connectivity index (χ3n) is 1.56. The molecule has 1 rings (SSSR count). The average molecular weight is 178 g/mol. The molecular weight excluding hydrogens is 168 g/mol. The van der Waals surface area contributed by atoms with Gasteiger partial charge in [-0.3, -0.25) is 4.68 Å². The fourth-order valence-electron chi connectivity index (χ4n) is 0.856. The van der Waals surface area contributed by atoms with E-state index in [0.29, 0.717) is 12.4 Å². The normalized spacial score (nSPS) is 10.2. The van der Waals surface area contributed by atoms with Crippen molar-refractivity contribution < 1.29 is 0 Å². The first kappa shape index (κ1) is 9.15. The molecule has 0 aromatic carbocycles. The van der Waals surface area contributed by atoms with Crippen molar-refractivity contribution in [2.24, 2.45) is 12.2 Å². The Kier molecular flexibility index (Phi) is 2.94. The van der Waals surface area contributed by atoms with Gasteiger partial charge in [-0.1, -0.05) is 17.3 Å². The standard InChI is InChI=1S/C7H10N6/c1-13-7(8)6(5-11-13)3-2-4-10-12-9/h2-3,5H,4,8H2,1H3. The molecule has 6 heteroatoms. The molecule has 68 valence electrons. The third-order valence-corrected chi connectivity index (χ3v) is 1.56. The molecule has 0 aliphatic rings. The first-order valence-electron chi connectivity index (χ1n) is 3.70. The van der Waals surface area contributed by atoms with Crippen molar-refractivity contribution in [1.82, 2.24) is 9.78 Å². The SMILES string of the molecule is Cn1ncc(C=CCN=[N+]=[N-])c1N. The Morgan fingerprint density at radius 3 is 3.15 bits per heavy atom. The van der Waals surface area contributed by atoms with E-state index in [-0.39, 0.29) is 0 Å². The second-order valence-electron chi connectivity index (χ2n) is 2.42. The van der Waals surface area contributed by atoms with Crippen molar-refractivity contribution >= 4 is 11.9 Å². The molecule has 0 aliphatic heterocycles. The van der Waals surface area contributed by atoms with Gasteiger partial charge < -0.3 is 5.73 Å². The van der Waals surface area contributed by atoms with Gasteiger partial charge >= 0.3 is 0 Å². The maximum Gasteiger partial charge on any atom is 0.128 e. The minimum atomic E-state index is 0.324. The van der Waals surface area contributed by atoms with Crippen LogP contribution in [0.2, 0.25) is 0 Å². The summed E-state index contributed by atoms with van der Waals surface area (Å²) in [4.78, 5) is 2.62. The zero-order valence-corrected chi connectivity index (χ0v) is 7.25. The summed E-state index contributed by atoms with van der Waals surface area (Å²) in [7, 11) is 1.76. The molecule has 0 fully saturated rings. The molecule has 1 aromatic rings. The van der Waals surface area contributed by atoms with Gasteiger partial charge in [-0.15, -0.1) is 0 Å². The molecule has 0 saturated heterocycles. The molecule has 0 atom stereocenters. The Bertz CT molecular complexity index is 357. The third kappa shape index (κ3) is 2.25. The highest BCUT2D eigenvalue weighted by molar-refractivity contribution is 5.60. The first-order chi connectivity index (χ1) is 6.25. The van der Waals surface area contributed by atoms with Gasteiger partial charge in [0.15, 0.2) is 0 Å². The van der Waals surface area contributed by atoms with Gasteiger partial charge in [0.1, 0.15) is 5.82 Å². The number of nitrogens with zero attached hydrogens (tertiary/aromatic N) is 5. The van der Waals surface area contributed by atoms with Crippen molar-refractivity contribution in [2.45, 2.75) is 0 Å². The fraction of sp³-hybridized carbons (Fsp3) is 0.286. The van der Waals surface area contributed by atoms with Crippen molar-refractivity contribution in [2.75, 3.05) is 12.3 Å². The molecule has 0 amide bonds. The van der Waals surface area contributed by atoms with E-state index >= 15 is 0 Å². The fourth-order valence-corrected chi connectivity index (χ4v) is 0.856.